The van der Waals surface area contributed by atoms with E-state index in [1.807, 2.05) is 72.9 Å². The number of nitrogens with one attached hydrogen (secondary N) is 3. The Labute approximate surface area is 216 Å². The van der Waals surface area contributed by atoms with Crippen LogP contribution in [-0.2, 0) is 27.2 Å². The van der Waals surface area contributed by atoms with Crippen molar-refractivity contribution in [3.63, 3.8) is 0 Å². The van der Waals surface area contributed by atoms with Crippen LogP contribution in [0.25, 0.3) is 21.7 Å². The molecule has 4 rings (SSSR count). The summed E-state index contributed by atoms with van der Waals surface area (Å²) in [6, 6.07) is 21.1. The van der Waals surface area contributed by atoms with Crippen molar-refractivity contribution in [2.75, 3.05) is 13.2 Å². The van der Waals surface area contributed by atoms with Crippen LogP contribution in [-0.4, -0.2) is 46.9 Å². The molecular formula is C30H33N3O4. The van der Waals surface area contributed by atoms with E-state index in [-0.39, 0.29) is 24.0 Å². The van der Waals surface area contributed by atoms with Gasteiger partial charge in [0.05, 0.1) is 6.42 Å². The number of para-hydroxylation sites is 1. The lowest BCUT2D eigenvalue weighted by atomic mass is 10.0. The SMILES string of the molecule is O=C(CO)CCCCCNC(=O)[C@H](Cc1c[nH]c2ccccc12)NC(=O)Cc1ccc2ccccc2c1. The second kappa shape index (κ2) is 12.8. The minimum Gasteiger partial charge on any atom is -0.389 e. The van der Waals surface area contributed by atoms with Crippen molar-refractivity contribution < 1.29 is 19.5 Å². The van der Waals surface area contributed by atoms with Gasteiger partial charge in [0.15, 0.2) is 5.78 Å². The van der Waals surface area contributed by atoms with Crippen LogP contribution in [0.15, 0.2) is 72.9 Å². The van der Waals surface area contributed by atoms with Gasteiger partial charge in [-0.15, -0.1) is 0 Å². The van der Waals surface area contributed by atoms with Crippen molar-refractivity contribution in [2.45, 2.75) is 44.6 Å². The first-order valence-electron chi connectivity index (χ1n) is 12.8. The number of carbonyl (C=O) groups is 3. The minimum absolute atomic E-state index is 0.169. The average molecular weight is 500 g/mol. The number of aromatic amines is 1. The number of unbranched alkanes of at least 4 members (excludes halogenated alkanes) is 2. The molecule has 2 amide bonds. The zero-order chi connectivity index (χ0) is 26.0. The molecule has 37 heavy (non-hydrogen) atoms. The van der Waals surface area contributed by atoms with Crippen LogP contribution >= 0.6 is 0 Å². The molecule has 1 heterocycles. The van der Waals surface area contributed by atoms with E-state index in [1.54, 1.807) is 0 Å². The first kappa shape index (κ1) is 26.1. The molecule has 0 spiro atoms. The first-order chi connectivity index (χ1) is 18.0. The van der Waals surface area contributed by atoms with Gasteiger partial charge in [-0.2, -0.15) is 0 Å². The number of rotatable bonds is 13. The lowest BCUT2D eigenvalue weighted by Gasteiger charge is -2.19. The zero-order valence-corrected chi connectivity index (χ0v) is 20.8. The molecule has 1 atom stereocenters. The molecule has 0 saturated carbocycles. The van der Waals surface area contributed by atoms with Crippen LogP contribution in [0.3, 0.4) is 0 Å². The third-order valence-corrected chi connectivity index (χ3v) is 6.54. The van der Waals surface area contributed by atoms with E-state index in [0.29, 0.717) is 25.8 Å². The highest BCUT2D eigenvalue weighted by atomic mass is 16.3. The second-order valence-electron chi connectivity index (χ2n) is 9.34. The van der Waals surface area contributed by atoms with Crippen molar-refractivity contribution >= 4 is 39.3 Å². The van der Waals surface area contributed by atoms with Gasteiger partial charge in [-0.25, -0.2) is 0 Å². The number of ketones is 1. The molecule has 3 aromatic carbocycles. The van der Waals surface area contributed by atoms with Crippen molar-refractivity contribution in [2.24, 2.45) is 0 Å². The Balaban J connectivity index is 1.39. The summed E-state index contributed by atoms with van der Waals surface area (Å²) in [5, 5.41) is 17.9. The Kier molecular flexibility index (Phi) is 9.05. The quantitative estimate of drug-likeness (QED) is 0.210. The number of hydrogen-bond donors (Lipinski definition) is 4. The molecule has 4 aromatic rings. The van der Waals surface area contributed by atoms with Crippen LogP contribution in [0.5, 0.6) is 0 Å². The summed E-state index contributed by atoms with van der Waals surface area (Å²) in [5.74, 6) is -0.613. The lowest BCUT2D eigenvalue weighted by molar-refractivity contribution is -0.128. The Morgan fingerprint density at radius 2 is 1.68 bits per heavy atom. The maximum absolute atomic E-state index is 13.1. The van der Waals surface area contributed by atoms with Gasteiger partial charge >= 0.3 is 0 Å². The average Bonchev–Trinajstić information content (AvgIpc) is 3.32. The molecule has 192 valence electrons. The molecule has 0 aliphatic rings. The van der Waals surface area contributed by atoms with E-state index in [2.05, 4.69) is 15.6 Å². The standard InChI is InChI=1S/C30H33N3O4/c34-20-25(35)10-2-1-7-15-31-30(37)28(18-24-19-32-27-12-6-5-11-26(24)27)33-29(36)17-21-13-14-22-8-3-4-9-23(22)16-21/h3-6,8-9,11-14,16,19,28,32,34H,1-2,7,10,15,17-18,20H2,(H,31,37)(H,33,36)/t28-/m0/s1. The highest BCUT2D eigenvalue weighted by Crippen LogP contribution is 2.20. The van der Waals surface area contributed by atoms with Gasteiger partial charge in [-0.05, 0) is 40.8 Å². The van der Waals surface area contributed by atoms with Crippen LogP contribution in [0.2, 0.25) is 0 Å². The predicted octanol–water partition coefficient (Wildman–Crippen LogP) is 3.83. The Hall–Kier alpha value is -3.97. The lowest BCUT2D eigenvalue weighted by Crippen LogP contribution is -2.48. The minimum atomic E-state index is -0.719. The number of Topliss-reactive ketones (excluding diaryl/α,β-unsaturated/α-hetero) is 1. The highest BCUT2D eigenvalue weighted by Gasteiger charge is 2.22. The van der Waals surface area contributed by atoms with Gasteiger partial charge in [0.2, 0.25) is 11.8 Å². The smallest absolute Gasteiger partial charge is 0.242 e. The van der Waals surface area contributed by atoms with Crippen molar-refractivity contribution in [1.82, 2.24) is 15.6 Å². The first-order valence-corrected chi connectivity index (χ1v) is 12.8. The topological polar surface area (TPSA) is 111 Å². The summed E-state index contributed by atoms with van der Waals surface area (Å²) in [4.78, 5) is 40.6. The third-order valence-electron chi connectivity index (χ3n) is 6.54. The second-order valence-corrected chi connectivity index (χ2v) is 9.34. The van der Waals surface area contributed by atoms with Crippen molar-refractivity contribution in [3.05, 3.63) is 84.1 Å². The predicted molar refractivity (Wildman–Crippen MR) is 145 cm³/mol. The fraction of sp³-hybridized carbons (Fsp3) is 0.300. The normalized spacial score (nSPS) is 11.9. The van der Waals surface area contributed by atoms with Crippen LogP contribution in [0.1, 0.15) is 36.8 Å². The zero-order valence-electron chi connectivity index (χ0n) is 20.8. The number of amides is 2. The van der Waals surface area contributed by atoms with Crippen LogP contribution < -0.4 is 10.6 Å². The van der Waals surface area contributed by atoms with E-state index < -0.39 is 12.6 Å². The largest absolute Gasteiger partial charge is 0.389 e. The maximum Gasteiger partial charge on any atom is 0.242 e. The highest BCUT2D eigenvalue weighted by molar-refractivity contribution is 5.91. The number of hydrogen-bond acceptors (Lipinski definition) is 4. The fourth-order valence-corrected chi connectivity index (χ4v) is 4.55. The van der Waals surface area contributed by atoms with Crippen LogP contribution in [0.4, 0.5) is 0 Å². The molecular weight excluding hydrogens is 466 g/mol. The monoisotopic (exact) mass is 499 g/mol. The Morgan fingerprint density at radius 3 is 2.51 bits per heavy atom. The van der Waals surface area contributed by atoms with Crippen molar-refractivity contribution in [1.29, 1.82) is 0 Å². The van der Waals surface area contributed by atoms with Gasteiger partial charge in [0, 0.05) is 36.5 Å². The molecule has 0 radical (unpaired) electrons. The van der Waals surface area contributed by atoms with E-state index >= 15 is 0 Å². The van der Waals surface area contributed by atoms with E-state index in [0.717, 1.165) is 45.6 Å². The van der Waals surface area contributed by atoms with Crippen LogP contribution in [0, 0.1) is 0 Å². The Morgan fingerprint density at radius 1 is 0.892 bits per heavy atom. The summed E-state index contributed by atoms with van der Waals surface area (Å²) >= 11 is 0. The molecule has 0 bridgehead atoms. The number of H-pyrrole nitrogens is 1. The maximum atomic E-state index is 13.1. The van der Waals surface area contributed by atoms with E-state index in [1.165, 1.54) is 0 Å². The van der Waals surface area contributed by atoms with Gasteiger partial charge in [0.25, 0.3) is 0 Å². The molecule has 4 N–H and O–H groups in total. The fourth-order valence-electron chi connectivity index (χ4n) is 4.55. The van der Waals surface area contributed by atoms with E-state index in [9.17, 15) is 14.4 Å². The summed E-state index contributed by atoms with van der Waals surface area (Å²) in [5.41, 5.74) is 2.83. The molecule has 0 aliphatic heterocycles. The number of benzene rings is 3. The summed E-state index contributed by atoms with van der Waals surface area (Å²) < 4.78 is 0. The number of aliphatic hydroxyl groups is 1. The number of fused-ring (bicyclic) bond motifs is 2. The molecule has 0 saturated heterocycles. The molecule has 0 aliphatic carbocycles. The molecule has 0 fully saturated rings. The van der Waals surface area contributed by atoms with Gasteiger partial charge in [-0.1, -0.05) is 67.1 Å². The molecule has 1 aromatic heterocycles. The van der Waals surface area contributed by atoms with Gasteiger partial charge in [-0.3, -0.25) is 14.4 Å². The summed E-state index contributed by atoms with van der Waals surface area (Å²) in [7, 11) is 0. The summed E-state index contributed by atoms with van der Waals surface area (Å²) in [6.07, 6.45) is 4.95. The third kappa shape index (κ3) is 7.27. The Bertz CT molecular complexity index is 1380. The summed E-state index contributed by atoms with van der Waals surface area (Å²) in [6.45, 7) is 0.0300. The van der Waals surface area contributed by atoms with Crippen molar-refractivity contribution in [3.8, 4) is 0 Å². The van der Waals surface area contributed by atoms with Gasteiger partial charge < -0.3 is 20.7 Å². The molecule has 7 nitrogen and oxygen atoms in total. The number of carbonyl (C=O) groups excluding carboxylic acids is 3. The number of aromatic nitrogens is 1. The van der Waals surface area contributed by atoms with Gasteiger partial charge in [0.1, 0.15) is 12.6 Å². The molecule has 7 heteroatoms. The number of aliphatic hydroxyl groups excluding tert-OH is 1. The molecule has 0 unspecified atom stereocenters. The van der Waals surface area contributed by atoms with E-state index in [4.69, 9.17) is 5.11 Å².